The minimum absolute atomic E-state index is 0.0378. The van der Waals surface area contributed by atoms with Gasteiger partial charge in [0.1, 0.15) is 17.7 Å². The van der Waals surface area contributed by atoms with Gasteiger partial charge in [-0.25, -0.2) is 4.98 Å². The molecule has 4 nitrogen and oxygen atoms in total. The minimum Gasteiger partial charge on any atom is -0.375 e. The SMILES string of the molecule is N#CC(C#N)=Cc1sc(N)nc1-c1ccccc1. The van der Waals surface area contributed by atoms with Gasteiger partial charge < -0.3 is 5.73 Å². The lowest BCUT2D eigenvalue weighted by atomic mass is 10.1. The lowest BCUT2D eigenvalue weighted by Gasteiger charge is -1.97. The Morgan fingerprint density at radius 3 is 2.50 bits per heavy atom. The number of nitrogens with two attached hydrogens (primary N) is 1. The van der Waals surface area contributed by atoms with Crippen molar-refractivity contribution >= 4 is 22.5 Å². The lowest BCUT2D eigenvalue weighted by molar-refractivity contribution is 1.40. The highest BCUT2D eigenvalue weighted by Crippen LogP contribution is 2.31. The summed E-state index contributed by atoms with van der Waals surface area (Å²) in [7, 11) is 0. The zero-order valence-corrected chi connectivity index (χ0v) is 10.1. The molecule has 0 amide bonds. The van der Waals surface area contributed by atoms with Crippen molar-refractivity contribution in [1.29, 1.82) is 10.5 Å². The molecule has 0 aliphatic heterocycles. The number of thiazole rings is 1. The van der Waals surface area contributed by atoms with E-state index in [-0.39, 0.29) is 5.57 Å². The number of anilines is 1. The van der Waals surface area contributed by atoms with Gasteiger partial charge in [0.2, 0.25) is 0 Å². The topological polar surface area (TPSA) is 86.5 Å². The molecule has 2 N–H and O–H groups in total. The third-order valence-corrected chi connectivity index (χ3v) is 3.07. The molecule has 0 aliphatic carbocycles. The maximum Gasteiger partial charge on any atom is 0.181 e. The van der Waals surface area contributed by atoms with Gasteiger partial charge in [0.15, 0.2) is 5.13 Å². The predicted octanol–water partition coefficient (Wildman–Crippen LogP) is 2.82. The van der Waals surface area contributed by atoms with E-state index in [1.807, 2.05) is 42.5 Å². The highest BCUT2D eigenvalue weighted by atomic mass is 32.1. The second kappa shape index (κ2) is 5.13. The summed E-state index contributed by atoms with van der Waals surface area (Å²) in [5.41, 5.74) is 7.33. The molecule has 0 radical (unpaired) electrons. The third-order valence-electron chi connectivity index (χ3n) is 2.23. The second-order valence-electron chi connectivity index (χ2n) is 3.41. The molecule has 0 spiro atoms. The monoisotopic (exact) mass is 252 g/mol. The molecule has 86 valence electrons. The molecule has 18 heavy (non-hydrogen) atoms. The smallest absolute Gasteiger partial charge is 0.181 e. The number of rotatable bonds is 2. The second-order valence-corrected chi connectivity index (χ2v) is 4.47. The molecule has 0 saturated heterocycles. The summed E-state index contributed by atoms with van der Waals surface area (Å²) in [5.74, 6) is 0. The molecule has 2 rings (SSSR count). The van der Waals surface area contributed by atoms with Gasteiger partial charge in [-0.05, 0) is 6.08 Å². The van der Waals surface area contributed by atoms with Crippen molar-refractivity contribution in [2.45, 2.75) is 0 Å². The number of nitriles is 2. The van der Waals surface area contributed by atoms with E-state index >= 15 is 0 Å². The van der Waals surface area contributed by atoms with Crippen LogP contribution in [0, 0.1) is 22.7 Å². The minimum atomic E-state index is 0.0378. The van der Waals surface area contributed by atoms with Gasteiger partial charge in [-0.2, -0.15) is 10.5 Å². The number of nitrogen functional groups attached to an aromatic ring is 1. The molecular formula is C13H8N4S. The Morgan fingerprint density at radius 2 is 1.89 bits per heavy atom. The van der Waals surface area contributed by atoms with Gasteiger partial charge in [-0.3, -0.25) is 0 Å². The Labute approximate surface area is 108 Å². The van der Waals surface area contributed by atoms with Gasteiger partial charge in [0, 0.05) is 5.56 Å². The standard InChI is InChI=1S/C13H8N4S/c14-7-9(8-15)6-11-12(17-13(16)18-11)10-4-2-1-3-5-10/h1-6H,(H2,16,17). The normalized spacial score (nSPS) is 9.22. The van der Waals surface area contributed by atoms with Crippen LogP contribution >= 0.6 is 11.3 Å². The summed E-state index contributed by atoms with van der Waals surface area (Å²) in [6.07, 6.45) is 1.51. The molecule has 1 aromatic heterocycles. The first-order valence-corrected chi connectivity index (χ1v) is 5.90. The van der Waals surface area contributed by atoms with Crippen LogP contribution in [0.3, 0.4) is 0 Å². The summed E-state index contributed by atoms with van der Waals surface area (Å²) in [4.78, 5) is 4.95. The summed E-state index contributed by atoms with van der Waals surface area (Å²) < 4.78 is 0. The lowest BCUT2D eigenvalue weighted by Crippen LogP contribution is -1.83. The van der Waals surface area contributed by atoms with Crippen LogP contribution in [0.5, 0.6) is 0 Å². The van der Waals surface area contributed by atoms with Gasteiger partial charge in [-0.1, -0.05) is 41.7 Å². The zero-order valence-electron chi connectivity index (χ0n) is 9.29. The van der Waals surface area contributed by atoms with Crippen molar-refractivity contribution in [3.63, 3.8) is 0 Å². The van der Waals surface area contributed by atoms with Crippen molar-refractivity contribution in [1.82, 2.24) is 4.98 Å². The summed E-state index contributed by atoms with van der Waals surface area (Å²) in [6, 6.07) is 13.2. The number of allylic oxidation sites excluding steroid dienone is 1. The number of aromatic nitrogens is 1. The predicted molar refractivity (Wildman–Crippen MR) is 71.2 cm³/mol. The van der Waals surface area contributed by atoms with Crippen LogP contribution in [0.25, 0.3) is 17.3 Å². The zero-order chi connectivity index (χ0) is 13.0. The van der Waals surface area contributed by atoms with Gasteiger partial charge in [0.25, 0.3) is 0 Å². The van der Waals surface area contributed by atoms with Gasteiger partial charge in [0.05, 0.1) is 10.6 Å². The van der Waals surface area contributed by atoms with E-state index in [2.05, 4.69) is 4.98 Å². The van der Waals surface area contributed by atoms with E-state index in [0.717, 1.165) is 10.4 Å². The molecule has 0 fully saturated rings. The van der Waals surface area contributed by atoms with Gasteiger partial charge in [-0.15, -0.1) is 0 Å². The average molecular weight is 252 g/mol. The Kier molecular flexibility index (Phi) is 3.38. The van der Waals surface area contributed by atoms with E-state index in [1.54, 1.807) is 0 Å². The molecule has 5 heteroatoms. The first-order valence-electron chi connectivity index (χ1n) is 5.08. The molecular weight excluding hydrogens is 244 g/mol. The summed E-state index contributed by atoms with van der Waals surface area (Å²) in [5, 5.41) is 17.9. The van der Waals surface area contributed by atoms with E-state index in [1.165, 1.54) is 17.4 Å². The van der Waals surface area contributed by atoms with Crippen molar-refractivity contribution in [2.24, 2.45) is 0 Å². The number of benzene rings is 1. The molecule has 1 aromatic carbocycles. The Bertz CT molecular complexity index is 655. The molecule has 0 unspecified atom stereocenters. The summed E-state index contributed by atoms with van der Waals surface area (Å²) in [6.45, 7) is 0. The molecule has 0 bridgehead atoms. The molecule has 0 saturated carbocycles. The average Bonchev–Trinajstić information content (AvgIpc) is 2.78. The number of hydrogen-bond acceptors (Lipinski definition) is 5. The Balaban J connectivity index is 2.55. The maximum atomic E-state index is 8.77. The quantitative estimate of drug-likeness (QED) is 0.832. The van der Waals surface area contributed by atoms with Crippen LogP contribution in [0.15, 0.2) is 35.9 Å². The van der Waals surface area contributed by atoms with Crippen LogP contribution in [0.2, 0.25) is 0 Å². The van der Waals surface area contributed by atoms with E-state index in [9.17, 15) is 0 Å². The molecule has 0 atom stereocenters. The van der Waals surface area contributed by atoms with E-state index < -0.39 is 0 Å². The van der Waals surface area contributed by atoms with Crippen molar-refractivity contribution < 1.29 is 0 Å². The van der Waals surface area contributed by atoms with E-state index in [0.29, 0.717) is 10.8 Å². The maximum absolute atomic E-state index is 8.77. The fraction of sp³-hybridized carbons (Fsp3) is 0. The third kappa shape index (κ3) is 2.37. The first-order chi connectivity index (χ1) is 8.74. The Morgan fingerprint density at radius 1 is 1.22 bits per heavy atom. The largest absolute Gasteiger partial charge is 0.375 e. The summed E-state index contributed by atoms with van der Waals surface area (Å²) >= 11 is 1.26. The van der Waals surface area contributed by atoms with Crippen LogP contribution in [-0.2, 0) is 0 Å². The van der Waals surface area contributed by atoms with Crippen LogP contribution in [0.4, 0.5) is 5.13 Å². The van der Waals surface area contributed by atoms with Crippen LogP contribution < -0.4 is 5.73 Å². The van der Waals surface area contributed by atoms with Crippen LogP contribution in [0.1, 0.15) is 4.88 Å². The molecule has 0 aliphatic rings. The molecule has 1 heterocycles. The fourth-order valence-corrected chi connectivity index (χ4v) is 2.27. The van der Waals surface area contributed by atoms with Crippen molar-refractivity contribution in [2.75, 3.05) is 5.73 Å². The highest BCUT2D eigenvalue weighted by molar-refractivity contribution is 7.16. The van der Waals surface area contributed by atoms with Crippen molar-refractivity contribution in [3.8, 4) is 23.4 Å². The van der Waals surface area contributed by atoms with Crippen molar-refractivity contribution in [3.05, 3.63) is 40.8 Å². The Hall–Kier alpha value is -2.63. The van der Waals surface area contributed by atoms with Crippen LogP contribution in [-0.4, -0.2) is 4.98 Å². The fourth-order valence-electron chi connectivity index (χ4n) is 1.47. The van der Waals surface area contributed by atoms with E-state index in [4.69, 9.17) is 16.3 Å². The highest BCUT2D eigenvalue weighted by Gasteiger charge is 2.10. The molecule has 2 aromatic rings. The number of hydrogen-bond donors (Lipinski definition) is 1. The number of nitrogens with zero attached hydrogens (tertiary/aromatic N) is 3. The first kappa shape index (κ1) is 11.8. The van der Waals surface area contributed by atoms with Gasteiger partial charge >= 0.3 is 0 Å².